The predicted octanol–water partition coefficient (Wildman–Crippen LogP) is 17.2. The highest BCUT2D eigenvalue weighted by molar-refractivity contribution is 7.11. The summed E-state index contributed by atoms with van der Waals surface area (Å²) in [6.45, 7) is 22.5. The van der Waals surface area contributed by atoms with Crippen LogP contribution in [-0.2, 0) is 29.4 Å². The normalized spacial score (nSPS) is 20.9. The number of fused-ring (bicyclic) bond motifs is 24. The molecule has 7 nitrogen and oxygen atoms in total. The zero-order chi connectivity index (χ0) is 64.5. The van der Waals surface area contributed by atoms with Crippen LogP contribution in [0.15, 0.2) is 218 Å². The topological polar surface area (TPSA) is 82.3 Å². The van der Waals surface area contributed by atoms with Gasteiger partial charge in [-0.3, -0.25) is 0 Å². The molecule has 4 aliphatic carbocycles. The highest BCUT2D eigenvalue weighted by atomic mass is 35.5. The van der Waals surface area contributed by atoms with Crippen LogP contribution in [0.5, 0.6) is 0 Å². The maximum absolute atomic E-state index is 9.10. The van der Waals surface area contributed by atoms with Crippen molar-refractivity contribution in [2.24, 2.45) is 0 Å². The maximum atomic E-state index is 9.10. The lowest BCUT2D eigenvalue weighted by molar-refractivity contribution is -0.107. The van der Waals surface area contributed by atoms with Gasteiger partial charge in [0.05, 0.1) is 61.2 Å². The van der Waals surface area contributed by atoms with E-state index in [0.717, 1.165) is 10.5 Å². The number of rotatable bonds is 2. The lowest BCUT2D eigenvalue weighted by atomic mass is 9.49. The van der Waals surface area contributed by atoms with Crippen LogP contribution in [0, 0.1) is 0 Å². The second-order valence-electron chi connectivity index (χ2n) is 28.9. The number of benzene rings is 10. The van der Waals surface area contributed by atoms with E-state index in [2.05, 4.69) is 211 Å². The molecule has 3 aliphatic heterocycles. The van der Waals surface area contributed by atoms with Gasteiger partial charge in [-0.2, -0.15) is 0 Å². The first kappa shape index (κ1) is 60.5. The molecule has 456 valence electrons. The number of halogens is 1. The minimum absolute atomic E-state index is 0.270. The fourth-order valence-electron chi connectivity index (χ4n) is 15.6. The number of nitrogens with zero attached hydrogens (tertiary/aromatic N) is 1. The Labute approximate surface area is 548 Å². The number of aliphatic hydroxyl groups is 2. The fraction of sp³-hybridized carbons (Fsp3) is 0.259. The molecule has 18 rings (SSSR count). The molecule has 7 aliphatic rings. The molecule has 1 aromatic heterocycles. The molecule has 2 spiro atoms. The smallest absolute Gasteiger partial charge is 0.405 e. The van der Waals surface area contributed by atoms with Crippen LogP contribution in [-0.4, -0.2) is 70.3 Å². The molecular weight excluding hydrogens is 1150 g/mol. The quantitative estimate of drug-likeness (QED) is 0.168. The number of aromatic nitrogens is 1. The van der Waals surface area contributed by atoms with Gasteiger partial charge in [0.25, 0.3) is 0 Å². The summed E-state index contributed by atoms with van der Waals surface area (Å²) in [6.07, 6.45) is 0. The molecule has 2 fully saturated rings. The SMILES string of the molecule is CC(C)(O)C(C)(C)O.CC1(C)OB(B2OC(C)(C)C(C)(C)O2)OC1(C)C.Clc1ccc2c(c1)C1(c3ccccc3-2)c2ccccc2-n2c3ccccc3c3cccc1c32.[B]c1ccc2c(c1)C1(c3ccccc3-2)c2ccccc2C2c3ccccc3-c3cccc1c32. The Balaban J connectivity index is 0.000000112. The highest BCUT2D eigenvalue weighted by Crippen LogP contribution is 2.66. The van der Waals surface area contributed by atoms with Gasteiger partial charge in [0.15, 0.2) is 0 Å². The molecule has 2 saturated heterocycles. The summed E-state index contributed by atoms with van der Waals surface area (Å²) >= 11 is 6.66. The fourth-order valence-corrected chi connectivity index (χ4v) is 15.7. The molecule has 3 atom stereocenters. The van der Waals surface area contributed by atoms with Crippen LogP contribution in [0.3, 0.4) is 0 Å². The van der Waals surface area contributed by atoms with E-state index in [4.69, 9.17) is 48.3 Å². The molecule has 11 heteroatoms. The summed E-state index contributed by atoms with van der Waals surface area (Å²) in [5, 5.41) is 21.6. The third kappa shape index (κ3) is 8.60. The Hall–Kier alpha value is -7.76. The molecular formula is C81H75B3ClNO6. The number of hydrogen-bond acceptors (Lipinski definition) is 6. The van der Waals surface area contributed by atoms with E-state index in [0.29, 0.717) is 0 Å². The summed E-state index contributed by atoms with van der Waals surface area (Å²) in [5.74, 6) is 0.270. The third-order valence-corrected chi connectivity index (χ3v) is 22.3. The minimum atomic E-state index is -1.01. The second-order valence-corrected chi connectivity index (χ2v) is 29.3. The molecule has 0 amide bonds. The van der Waals surface area contributed by atoms with Gasteiger partial charge in [-0.15, -0.1) is 0 Å². The van der Waals surface area contributed by atoms with Gasteiger partial charge in [-0.05, 0) is 202 Å². The summed E-state index contributed by atoms with van der Waals surface area (Å²) in [4.78, 5) is 0. The van der Waals surface area contributed by atoms with Crippen LogP contribution in [0.25, 0.3) is 60.9 Å². The first-order valence-electron chi connectivity index (χ1n) is 32.2. The monoisotopic (exact) mass is 1230 g/mol. The number of para-hydroxylation sites is 3. The molecule has 4 heterocycles. The van der Waals surface area contributed by atoms with Gasteiger partial charge < -0.3 is 33.4 Å². The summed E-state index contributed by atoms with van der Waals surface area (Å²) < 4.78 is 26.3. The largest absolute Gasteiger partial charge is 0.488 e. The molecule has 0 bridgehead atoms. The molecule has 2 N–H and O–H groups in total. The Kier molecular flexibility index (Phi) is 13.7. The lowest BCUT2D eigenvalue weighted by Crippen LogP contribution is -2.44. The van der Waals surface area contributed by atoms with Crippen molar-refractivity contribution in [1.29, 1.82) is 0 Å². The molecule has 11 aromatic rings. The van der Waals surface area contributed by atoms with Crippen molar-refractivity contribution in [2.75, 3.05) is 0 Å². The summed E-state index contributed by atoms with van der Waals surface area (Å²) in [6, 6.07) is 80.0. The Morgan fingerprint density at radius 1 is 0.402 bits per heavy atom. The van der Waals surface area contributed by atoms with Crippen molar-refractivity contribution in [2.45, 2.75) is 133 Å². The lowest BCUT2D eigenvalue weighted by Gasteiger charge is -2.42. The van der Waals surface area contributed by atoms with Crippen molar-refractivity contribution < 1.29 is 28.8 Å². The first-order valence-corrected chi connectivity index (χ1v) is 32.6. The zero-order valence-electron chi connectivity index (χ0n) is 54.4. The van der Waals surface area contributed by atoms with Crippen molar-refractivity contribution >= 4 is 60.7 Å². The van der Waals surface area contributed by atoms with Crippen molar-refractivity contribution in [3.63, 3.8) is 0 Å². The van der Waals surface area contributed by atoms with Gasteiger partial charge in [-0.25, -0.2) is 0 Å². The first-order chi connectivity index (χ1) is 43.7. The van der Waals surface area contributed by atoms with E-state index in [1.165, 1.54) is 122 Å². The summed E-state index contributed by atoms with van der Waals surface area (Å²) in [5.41, 5.74) is 23.3. The summed E-state index contributed by atoms with van der Waals surface area (Å²) in [7, 11) is 5.48. The minimum Gasteiger partial charge on any atom is -0.405 e. The van der Waals surface area contributed by atoms with Crippen LogP contribution in [0.1, 0.15) is 150 Å². The Morgan fingerprint density at radius 2 is 0.826 bits per heavy atom. The van der Waals surface area contributed by atoms with E-state index in [9.17, 15) is 0 Å². The predicted molar refractivity (Wildman–Crippen MR) is 377 cm³/mol. The van der Waals surface area contributed by atoms with Gasteiger partial charge in [0, 0.05) is 21.7 Å². The number of hydrogen-bond donors (Lipinski definition) is 2. The molecule has 92 heavy (non-hydrogen) atoms. The van der Waals surface area contributed by atoms with Crippen LogP contribution in [0.4, 0.5) is 0 Å². The molecule has 0 saturated carbocycles. The van der Waals surface area contributed by atoms with E-state index < -0.39 is 30.6 Å². The van der Waals surface area contributed by atoms with Gasteiger partial charge in [0.1, 0.15) is 7.85 Å². The molecule has 2 radical (unpaired) electrons. The standard InChI is InChI=1S/C32H19B.C31H18ClN.C12H24B2O4.C6H14O2/c33-19-16-17-22-21-9-3-5-13-26(21)32(29(22)18-19)27-14-6-4-11-25(27)30-23-10-2-1-8-20(23)24-12-7-15-28(32)31(24)30;32-19-16-17-21-20-8-1-3-11-24(20)31(27(21)18-19)25-12-4-6-15-29(25)33-28-14-5-2-9-22(28)23-10-7-13-26(31)30(23)33;1-9(2)10(3,4)16-13(15-9)14-17-11(5,6)12(7,8)18-14;1-5(2,7)6(3,4)8/h1-18,30H;1-18H;1-8H3;7-8H,1-4H3. The average molecular weight is 1230 g/mol. The Bertz CT molecular complexity index is 4760. The Morgan fingerprint density at radius 3 is 1.43 bits per heavy atom. The third-order valence-electron chi connectivity index (χ3n) is 22.0. The van der Waals surface area contributed by atoms with Crippen molar-refractivity contribution in [3.05, 3.63) is 285 Å². The van der Waals surface area contributed by atoms with Crippen LogP contribution in [0.2, 0.25) is 5.02 Å². The van der Waals surface area contributed by atoms with Crippen LogP contribution < -0.4 is 5.46 Å². The van der Waals surface area contributed by atoms with Crippen molar-refractivity contribution in [3.8, 4) is 39.1 Å². The molecule has 10 aromatic carbocycles. The van der Waals surface area contributed by atoms with Gasteiger partial charge in [0.2, 0.25) is 0 Å². The van der Waals surface area contributed by atoms with Gasteiger partial charge in [-0.1, -0.05) is 211 Å². The van der Waals surface area contributed by atoms with Gasteiger partial charge >= 0.3 is 14.0 Å². The van der Waals surface area contributed by atoms with Crippen molar-refractivity contribution in [1.82, 2.24) is 4.57 Å². The highest BCUT2D eigenvalue weighted by Gasteiger charge is 2.64. The second kappa shape index (κ2) is 20.9. The van der Waals surface area contributed by atoms with E-state index >= 15 is 0 Å². The average Bonchev–Trinajstić information content (AvgIpc) is 1.48. The van der Waals surface area contributed by atoms with E-state index in [-0.39, 0.29) is 33.7 Å². The van der Waals surface area contributed by atoms with E-state index in [1.807, 2.05) is 67.5 Å². The van der Waals surface area contributed by atoms with E-state index in [1.54, 1.807) is 27.7 Å². The van der Waals surface area contributed by atoms with Crippen LogP contribution >= 0.6 is 11.6 Å². The zero-order valence-corrected chi connectivity index (χ0v) is 55.2. The maximum Gasteiger partial charge on any atom is 0.488 e. The molecule has 3 unspecified atom stereocenters.